The van der Waals surface area contributed by atoms with Crippen molar-refractivity contribution in [2.24, 2.45) is 5.92 Å². The maximum Gasteiger partial charge on any atom is 0.231 e. The molecule has 0 aliphatic carbocycles. The number of rotatable bonds is 8. The van der Waals surface area contributed by atoms with Gasteiger partial charge in [-0.1, -0.05) is 31.2 Å². The summed E-state index contributed by atoms with van der Waals surface area (Å²) in [6, 6.07) is 14.0. The number of methoxy groups -OCH3 is 1. The molecule has 3 atom stereocenters. The zero-order chi connectivity index (χ0) is 27.0. The quantitative estimate of drug-likeness (QED) is 0.273. The van der Waals surface area contributed by atoms with Crippen molar-refractivity contribution < 1.29 is 23.8 Å². The van der Waals surface area contributed by atoms with Gasteiger partial charge in [0.2, 0.25) is 5.91 Å². The number of Topliss-reactive ketones (excluding diaryl/α,β-unsaturated/α-hetero) is 1. The predicted octanol–water partition coefficient (Wildman–Crippen LogP) is 4.06. The number of hydrogen-bond donors (Lipinski definition) is 1. The van der Waals surface area contributed by atoms with Crippen molar-refractivity contribution in [3.63, 3.8) is 0 Å². The Morgan fingerprint density at radius 2 is 2.00 bits per heavy atom. The zero-order valence-electron chi connectivity index (χ0n) is 21.2. The summed E-state index contributed by atoms with van der Waals surface area (Å²) >= 11 is 0. The molecule has 1 N–H and O–H groups in total. The maximum atomic E-state index is 15.5. The van der Waals surface area contributed by atoms with Gasteiger partial charge in [-0.2, -0.15) is 0 Å². The summed E-state index contributed by atoms with van der Waals surface area (Å²) in [5, 5.41) is 10.2. The first-order valence-electron chi connectivity index (χ1n) is 12.5. The Balaban J connectivity index is 1.56. The van der Waals surface area contributed by atoms with Crippen LogP contribution < -0.4 is 14.9 Å². The van der Waals surface area contributed by atoms with Gasteiger partial charge in [-0.25, -0.2) is 9.37 Å². The highest BCUT2D eigenvalue weighted by Crippen LogP contribution is 2.41. The number of imidazole rings is 1. The summed E-state index contributed by atoms with van der Waals surface area (Å²) in [5.74, 6) is -1.90. The van der Waals surface area contributed by atoms with Gasteiger partial charge in [0.15, 0.2) is 11.4 Å². The lowest BCUT2D eigenvalue weighted by atomic mass is 9.83. The zero-order valence-corrected chi connectivity index (χ0v) is 22.4. The third-order valence-corrected chi connectivity index (χ3v) is 7.72. The molecule has 1 aliphatic heterocycles. The van der Waals surface area contributed by atoms with E-state index in [2.05, 4.69) is 14.2 Å². The molecule has 7 nitrogen and oxygen atoms in total. The average Bonchev–Trinajstić information content (AvgIpc) is 3.49. The van der Waals surface area contributed by atoms with E-state index in [0.29, 0.717) is 39.2 Å². The number of aryl methyl sites for hydroxylation is 1. The van der Waals surface area contributed by atoms with Crippen LogP contribution in [0.5, 0.6) is 5.75 Å². The summed E-state index contributed by atoms with van der Waals surface area (Å²) in [5.41, 5.74) is 3.53. The molecule has 1 saturated heterocycles. The van der Waals surface area contributed by atoms with Crippen molar-refractivity contribution in [3.05, 3.63) is 89.1 Å². The molecule has 38 heavy (non-hydrogen) atoms. The molecule has 4 aromatic rings. The van der Waals surface area contributed by atoms with Gasteiger partial charge in [0, 0.05) is 48.5 Å². The summed E-state index contributed by atoms with van der Waals surface area (Å²) < 4.78 is 22.4. The van der Waals surface area contributed by atoms with Crippen molar-refractivity contribution in [3.8, 4) is 5.75 Å². The number of amides is 1. The Kier molecular flexibility index (Phi) is 7.28. The van der Waals surface area contributed by atoms with Crippen molar-refractivity contribution >= 4 is 37.6 Å². The van der Waals surface area contributed by atoms with Crippen molar-refractivity contribution in [1.82, 2.24) is 9.38 Å². The topological polar surface area (TPSA) is 84.1 Å². The third-order valence-electron chi connectivity index (χ3n) is 7.24. The van der Waals surface area contributed by atoms with Gasteiger partial charge < -0.3 is 19.1 Å². The molecule has 2 aromatic carbocycles. The fraction of sp³-hybridized carbons (Fsp3) is 0.276. The minimum Gasteiger partial charge on any atom is -0.497 e. The Labute approximate surface area is 222 Å². The van der Waals surface area contributed by atoms with Crippen LogP contribution in [0.2, 0.25) is 0 Å². The van der Waals surface area contributed by atoms with E-state index in [1.165, 1.54) is 13.2 Å². The summed E-state index contributed by atoms with van der Waals surface area (Å²) in [6.45, 7) is 1.98. The van der Waals surface area contributed by atoms with Crippen LogP contribution in [0.1, 0.15) is 46.4 Å². The first-order valence-corrected chi connectivity index (χ1v) is 13.1. The maximum absolute atomic E-state index is 15.5. The molecule has 0 saturated carbocycles. The number of pyridine rings is 1. The highest BCUT2D eigenvalue weighted by molar-refractivity contribution is 7.27. The number of hydrogen-bond acceptors (Lipinski definition) is 5. The molecule has 1 unspecified atom stereocenters. The molecule has 0 bridgehead atoms. The minimum atomic E-state index is -0.775. The van der Waals surface area contributed by atoms with Gasteiger partial charge in [-0.3, -0.25) is 9.59 Å². The van der Waals surface area contributed by atoms with Crippen LogP contribution in [0.25, 0.3) is 5.65 Å². The molecule has 0 radical (unpaired) electrons. The third kappa shape index (κ3) is 4.70. The number of halogens is 1. The largest absolute Gasteiger partial charge is 0.497 e. The van der Waals surface area contributed by atoms with E-state index < -0.39 is 17.7 Å². The van der Waals surface area contributed by atoms with Crippen molar-refractivity contribution in [2.45, 2.75) is 32.3 Å². The fourth-order valence-electron chi connectivity index (χ4n) is 5.23. The summed E-state index contributed by atoms with van der Waals surface area (Å²) in [7, 11) is 4.01. The van der Waals surface area contributed by atoms with Gasteiger partial charge in [0.25, 0.3) is 0 Å². The summed E-state index contributed by atoms with van der Waals surface area (Å²) in [6.07, 6.45) is 4.29. The van der Waals surface area contributed by atoms with Crippen LogP contribution in [0.3, 0.4) is 0 Å². The molecule has 196 valence electrons. The van der Waals surface area contributed by atoms with E-state index in [0.717, 1.165) is 12.0 Å². The van der Waals surface area contributed by atoms with E-state index in [9.17, 15) is 14.7 Å². The highest BCUT2D eigenvalue weighted by Gasteiger charge is 2.45. The Hall–Kier alpha value is -3.61. The lowest BCUT2D eigenvalue weighted by Crippen LogP contribution is -2.28. The van der Waals surface area contributed by atoms with Crippen molar-refractivity contribution in [2.75, 3.05) is 18.6 Å². The molecular formula is C29H29FN3O4P. The fourth-order valence-corrected chi connectivity index (χ4v) is 5.74. The molecule has 1 fully saturated rings. The highest BCUT2D eigenvalue weighted by atomic mass is 31.0. The number of fused-ring (bicyclic) bond motifs is 1. The second kappa shape index (κ2) is 10.6. The second-order valence-electron chi connectivity index (χ2n) is 9.47. The van der Waals surface area contributed by atoms with Crippen LogP contribution in [0.4, 0.5) is 10.1 Å². The number of carbonyl (C=O) groups excluding carboxylic acids is 2. The predicted molar refractivity (Wildman–Crippen MR) is 147 cm³/mol. The Morgan fingerprint density at radius 1 is 1.24 bits per heavy atom. The number of aliphatic hydroxyl groups excluding tert-OH is 1. The van der Waals surface area contributed by atoms with Gasteiger partial charge in [0.1, 0.15) is 11.6 Å². The second-order valence-corrected chi connectivity index (χ2v) is 10.1. The molecule has 5 rings (SSSR count). The van der Waals surface area contributed by atoms with E-state index in [1.54, 1.807) is 52.0 Å². The lowest BCUT2D eigenvalue weighted by molar-refractivity contribution is -0.120. The minimum absolute atomic E-state index is 0.0551. The molecule has 2 aromatic heterocycles. The van der Waals surface area contributed by atoms with E-state index in [-0.39, 0.29) is 31.3 Å². The summed E-state index contributed by atoms with van der Waals surface area (Å²) in [4.78, 5) is 33.4. The van der Waals surface area contributed by atoms with Gasteiger partial charge in [0.05, 0.1) is 31.0 Å². The average molecular weight is 534 g/mol. The van der Waals surface area contributed by atoms with Crippen LogP contribution in [-0.2, 0) is 17.8 Å². The lowest BCUT2D eigenvalue weighted by Gasteiger charge is -2.20. The van der Waals surface area contributed by atoms with E-state index in [4.69, 9.17) is 4.74 Å². The number of aliphatic hydroxyl groups is 1. The molecule has 1 amide bonds. The molecule has 9 heteroatoms. The number of carbonyl (C=O) groups is 2. The number of ether oxygens (including phenoxy) is 1. The molecular weight excluding hydrogens is 504 g/mol. The standard InChI is InChI=1S/C29H29FN3O4P/c1-3-17-6-8-18(9-7-17)25(35)13-21-22(27-23(30)11-20(37-2)12-26(27)38)15-33(29(21)36)24-5-4-10-32-14-19(16-34)31-28(24)32/h4-12,14,21-22,34H,3,13,15-16,38H2,1-2H3/t21-,22+/m0/s1. The number of benzene rings is 2. The van der Waals surface area contributed by atoms with Crippen LogP contribution >= 0.6 is 9.24 Å². The Morgan fingerprint density at radius 3 is 2.66 bits per heavy atom. The van der Waals surface area contributed by atoms with E-state index >= 15 is 4.39 Å². The number of anilines is 1. The van der Waals surface area contributed by atoms with Crippen molar-refractivity contribution in [1.29, 1.82) is 0 Å². The molecule has 1 aliphatic rings. The smallest absolute Gasteiger partial charge is 0.231 e. The van der Waals surface area contributed by atoms with Gasteiger partial charge >= 0.3 is 0 Å². The SMILES string of the molecule is CCc1ccc(C(=O)C[C@@H]2C(=O)N(c3cccn4cc(CO)nc34)C[C@H]2c2c(F)cc(OC)cc2P)cc1. The Bertz CT molecular complexity index is 1500. The van der Waals surface area contributed by atoms with Gasteiger partial charge in [-0.05, 0) is 35.5 Å². The number of nitrogens with zero attached hydrogens (tertiary/aromatic N) is 3. The number of aromatic nitrogens is 2. The first kappa shape index (κ1) is 26.0. The first-order chi connectivity index (χ1) is 18.3. The number of ketones is 1. The van der Waals surface area contributed by atoms with Crippen LogP contribution in [0.15, 0.2) is 60.9 Å². The van der Waals surface area contributed by atoms with Crippen LogP contribution in [-0.4, -0.2) is 39.8 Å². The van der Waals surface area contributed by atoms with Crippen LogP contribution in [0, 0.1) is 11.7 Å². The normalized spacial score (nSPS) is 17.4. The van der Waals surface area contributed by atoms with Gasteiger partial charge in [-0.15, -0.1) is 9.24 Å². The van der Waals surface area contributed by atoms with E-state index in [1.807, 2.05) is 19.1 Å². The molecule has 3 heterocycles. The monoisotopic (exact) mass is 533 g/mol. The molecule has 0 spiro atoms.